The molecule has 0 spiro atoms. The van der Waals surface area contributed by atoms with Crippen molar-refractivity contribution in [3.05, 3.63) is 38.9 Å². The topological polar surface area (TPSA) is 66.8 Å². The van der Waals surface area contributed by atoms with Gasteiger partial charge >= 0.3 is 5.97 Å². The average Bonchev–Trinajstić information content (AvgIpc) is 2.42. The summed E-state index contributed by atoms with van der Waals surface area (Å²) in [6.07, 6.45) is 0. The molecule has 0 fully saturated rings. The molecule has 1 aromatic carbocycles. The van der Waals surface area contributed by atoms with Crippen LogP contribution in [0.15, 0.2) is 17.7 Å². The molecule has 1 aromatic rings. The third-order valence-electron chi connectivity index (χ3n) is 2.83. The van der Waals surface area contributed by atoms with E-state index in [4.69, 9.17) is 27.9 Å². The first kappa shape index (κ1) is 17.3. The number of rotatable bonds is 4. The first-order valence-electron chi connectivity index (χ1n) is 5.90. The molecule has 1 rings (SSSR count). The Labute approximate surface area is 132 Å². The predicted octanol–water partition coefficient (Wildman–Crippen LogP) is 2.83. The summed E-state index contributed by atoms with van der Waals surface area (Å²) in [6, 6.07) is 3.08. The van der Waals surface area contributed by atoms with Crippen LogP contribution in [0.5, 0.6) is 0 Å². The zero-order valence-corrected chi connectivity index (χ0v) is 13.5. The second-order valence-corrected chi connectivity index (χ2v) is 5.23. The summed E-state index contributed by atoms with van der Waals surface area (Å²) in [5.41, 5.74) is 0.382. The molecule has 0 aromatic heterocycles. The summed E-state index contributed by atoms with van der Waals surface area (Å²) in [7, 11) is 4.18. The van der Waals surface area contributed by atoms with E-state index in [-0.39, 0.29) is 10.8 Å². The number of hydrogen-bond acceptors (Lipinski definition) is 3. The van der Waals surface area contributed by atoms with Gasteiger partial charge in [-0.15, -0.1) is 0 Å². The normalized spacial score (nSPS) is 11.7. The second kappa shape index (κ2) is 6.83. The number of benzene rings is 1. The van der Waals surface area contributed by atoms with E-state index in [1.807, 2.05) is 0 Å². The zero-order chi connectivity index (χ0) is 16.3. The molecule has 114 valence electrons. The number of hydrogen-bond donors (Lipinski definition) is 1. The smallest absolute Gasteiger partial charge is 0.345 e. The van der Waals surface area contributed by atoms with Crippen molar-refractivity contribution in [2.45, 2.75) is 6.92 Å². The summed E-state index contributed by atoms with van der Waals surface area (Å²) in [6.45, 7) is 1.69. The molecule has 7 heteroatoms. The third-order valence-corrected chi connectivity index (χ3v) is 3.73. The van der Waals surface area contributed by atoms with Gasteiger partial charge in [0.05, 0.1) is 12.1 Å². The summed E-state index contributed by atoms with van der Waals surface area (Å²) >= 11 is 12.1. The lowest BCUT2D eigenvalue weighted by atomic mass is 10.0. The quantitative estimate of drug-likeness (QED) is 0.398. The first-order chi connectivity index (χ1) is 9.72. The number of carbonyl (C=O) groups is 2. The Kier molecular flexibility index (Phi) is 5.63. The average molecular weight is 332 g/mol. The number of nitrogens with zero attached hydrogens (tertiary/aromatic N) is 1. The predicted molar refractivity (Wildman–Crippen MR) is 81.5 cm³/mol. The molecule has 0 aliphatic carbocycles. The van der Waals surface area contributed by atoms with Crippen LogP contribution in [0.2, 0.25) is 10.0 Å². The van der Waals surface area contributed by atoms with Crippen LogP contribution in [-0.4, -0.2) is 43.1 Å². The highest BCUT2D eigenvalue weighted by Gasteiger charge is 2.27. The summed E-state index contributed by atoms with van der Waals surface area (Å²) in [4.78, 5) is 24.6. The largest absolute Gasteiger partial charge is 0.495 e. The van der Waals surface area contributed by atoms with E-state index in [0.29, 0.717) is 16.1 Å². The standard InChI is InChI=1S/C14H15Cl2NO4/c1-7-9(15)6-5-8(11(7)16)12(21-4)10(14(19)20)13(18)17(2)3/h5-6H,1-4H3,(H,19,20). The van der Waals surface area contributed by atoms with E-state index in [9.17, 15) is 14.7 Å². The molecule has 0 heterocycles. The van der Waals surface area contributed by atoms with E-state index in [0.717, 1.165) is 4.90 Å². The van der Waals surface area contributed by atoms with Gasteiger partial charge in [-0.2, -0.15) is 0 Å². The Morgan fingerprint density at radius 2 is 1.81 bits per heavy atom. The van der Waals surface area contributed by atoms with Crippen LogP contribution in [0, 0.1) is 6.92 Å². The number of methoxy groups -OCH3 is 1. The van der Waals surface area contributed by atoms with Gasteiger partial charge in [0.15, 0.2) is 5.57 Å². The zero-order valence-electron chi connectivity index (χ0n) is 12.0. The number of likely N-dealkylation sites (N-methyl/N-ethyl adjacent to an activating group) is 1. The van der Waals surface area contributed by atoms with Crippen LogP contribution in [0.1, 0.15) is 11.1 Å². The number of carboxylic acids is 1. The summed E-state index contributed by atoms with van der Waals surface area (Å²) in [5, 5.41) is 10.00. The van der Waals surface area contributed by atoms with E-state index >= 15 is 0 Å². The van der Waals surface area contributed by atoms with E-state index in [2.05, 4.69) is 0 Å². The van der Waals surface area contributed by atoms with Crippen molar-refractivity contribution in [3.63, 3.8) is 0 Å². The fourth-order valence-electron chi connectivity index (χ4n) is 1.69. The molecular formula is C14H15Cl2NO4. The molecule has 5 nitrogen and oxygen atoms in total. The second-order valence-electron chi connectivity index (χ2n) is 4.45. The van der Waals surface area contributed by atoms with Crippen LogP contribution >= 0.6 is 23.2 Å². The van der Waals surface area contributed by atoms with Gasteiger partial charge < -0.3 is 14.7 Å². The van der Waals surface area contributed by atoms with Crippen LogP contribution in [0.3, 0.4) is 0 Å². The van der Waals surface area contributed by atoms with Crippen molar-refractivity contribution in [1.82, 2.24) is 4.90 Å². The van der Waals surface area contributed by atoms with Gasteiger partial charge in [-0.25, -0.2) is 4.79 Å². The monoisotopic (exact) mass is 331 g/mol. The van der Waals surface area contributed by atoms with Crippen molar-refractivity contribution in [2.75, 3.05) is 21.2 Å². The fraction of sp³-hybridized carbons (Fsp3) is 0.286. The summed E-state index contributed by atoms with van der Waals surface area (Å²) < 4.78 is 5.13. The molecule has 0 atom stereocenters. The highest BCUT2D eigenvalue weighted by Crippen LogP contribution is 2.33. The minimum Gasteiger partial charge on any atom is -0.495 e. The van der Waals surface area contributed by atoms with Gasteiger partial charge in [0.1, 0.15) is 5.76 Å². The molecule has 0 saturated heterocycles. The van der Waals surface area contributed by atoms with Crippen molar-refractivity contribution in [1.29, 1.82) is 0 Å². The molecule has 0 unspecified atom stereocenters. The third kappa shape index (κ3) is 3.49. The molecule has 21 heavy (non-hydrogen) atoms. The van der Waals surface area contributed by atoms with Gasteiger partial charge in [0.2, 0.25) is 0 Å². The maximum atomic E-state index is 12.1. The minimum atomic E-state index is -1.39. The van der Waals surface area contributed by atoms with Crippen molar-refractivity contribution < 1.29 is 19.4 Å². The highest BCUT2D eigenvalue weighted by atomic mass is 35.5. The lowest BCUT2D eigenvalue weighted by molar-refractivity contribution is -0.136. The van der Waals surface area contributed by atoms with Gasteiger partial charge in [0.25, 0.3) is 5.91 Å². The Hall–Kier alpha value is -1.72. The fourth-order valence-corrected chi connectivity index (χ4v) is 2.15. The van der Waals surface area contributed by atoms with Gasteiger partial charge in [-0.1, -0.05) is 23.2 Å². The lowest BCUT2D eigenvalue weighted by Gasteiger charge is -2.16. The highest BCUT2D eigenvalue weighted by molar-refractivity contribution is 6.37. The van der Waals surface area contributed by atoms with Gasteiger partial charge in [-0.3, -0.25) is 4.79 Å². The van der Waals surface area contributed by atoms with Crippen molar-refractivity contribution in [3.8, 4) is 0 Å². The number of aliphatic carboxylic acids is 1. The Morgan fingerprint density at radius 1 is 1.24 bits per heavy atom. The van der Waals surface area contributed by atoms with E-state index < -0.39 is 17.4 Å². The van der Waals surface area contributed by atoms with Crippen molar-refractivity contribution in [2.24, 2.45) is 0 Å². The summed E-state index contributed by atoms with van der Waals surface area (Å²) in [5.74, 6) is -2.19. The van der Waals surface area contributed by atoms with E-state index in [1.54, 1.807) is 13.0 Å². The Morgan fingerprint density at radius 3 is 2.24 bits per heavy atom. The van der Waals surface area contributed by atoms with Gasteiger partial charge in [0, 0.05) is 24.7 Å². The molecule has 0 saturated carbocycles. The van der Waals surface area contributed by atoms with Gasteiger partial charge in [-0.05, 0) is 24.6 Å². The molecule has 0 bridgehead atoms. The minimum absolute atomic E-state index is 0.106. The lowest BCUT2D eigenvalue weighted by Crippen LogP contribution is -2.28. The number of carboxylic acid groups (broad SMARTS) is 1. The number of carbonyl (C=O) groups excluding carboxylic acids is 1. The van der Waals surface area contributed by atoms with Crippen LogP contribution < -0.4 is 0 Å². The first-order valence-corrected chi connectivity index (χ1v) is 6.66. The number of halogens is 2. The Bertz CT molecular complexity index is 624. The number of ether oxygens (including phenoxy) is 1. The van der Waals surface area contributed by atoms with Crippen LogP contribution in [0.25, 0.3) is 5.76 Å². The SMILES string of the molecule is COC(=C(C(=O)O)C(=O)N(C)C)c1ccc(Cl)c(C)c1Cl. The van der Waals surface area contributed by atoms with Crippen LogP contribution in [0.4, 0.5) is 0 Å². The molecule has 0 radical (unpaired) electrons. The molecule has 1 amide bonds. The molecule has 0 aliphatic rings. The maximum Gasteiger partial charge on any atom is 0.345 e. The molecular weight excluding hydrogens is 317 g/mol. The van der Waals surface area contributed by atoms with Crippen LogP contribution in [-0.2, 0) is 14.3 Å². The van der Waals surface area contributed by atoms with Crippen molar-refractivity contribution >= 4 is 40.8 Å². The number of amides is 1. The molecule has 1 N–H and O–H groups in total. The Balaban J connectivity index is 3.66. The molecule has 0 aliphatic heterocycles. The van der Waals surface area contributed by atoms with E-state index in [1.165, 1.54) is 27.3 Å². The maximum absolute atomic E-state index is 12.1.